The minimum Gasteiger partial charge on any atom is -0.365 e. The monoisotopic (exact) mass is 294 g/mol. The van der Waals surface area contributed by atoms with Crippen molar-refractivity contribution in [2.45, 2.75) is 19.9 Å². The van der Waals surface area contributed by atoms with E-state index in [0.717, 1.165) is 4.88 Å². The van der Waals surface area contributed by atoms with Gasteiger partial charge < -0.3 is 15.6 Å². The predicted octanol–water partition coefficient (Wildman–Crippen LogP) is 2.03. The van der Waals surface area contributed by atoms with E-state index in [9.17, 15) is 9.59 Å². The number of anilines is 1. The first-order chi connectivity index (χ1) is 9.49. The Morgan fingerprint density at radius 2 is 2.20 bits per heavy atom. The Kier molecular flexibility index (Phi) is 4.04. The van der Waals surface area contributed by atoms with Crippen LogP contribution in [-0.4, -0.2) is 23.1 Å². The molecule has 0 saturated heterocycles. The highest BCUT2D eigenvalue weighted by molar-refractivity contribution is 7.13. The van der Waals surface area contributed by atoms with Crippen molar-refractivity contribution >= 4 is 29.2 Å². The second-order valence-electron chi connectivity index (χ2n) is 4.33. The number of primary amides is 1. The molecule has 2 aromatic heterocycles. The molecule has 0 atom stereocenters. The number of amides is 3. The van der Waals surface area contributed by atoms with Gasteiger partial charge in [-0.25, -0.2) is 4.79 Å². The van der Waals surface area contributed by atoms with Gasteiger partial charge in [0.2, 0.25) is 5.88 Å². The van der Waals surface area contributed by atoms with Crippen molar-refractivity contribution in [3.05, 3.63) is 23.1 Å². The first-order valence-electron chi connectivity index (χ1n) is 5.90. The van der Waals surface area contributed by atoms with Gasteiger partial charge in [-0.1, -0.05) is 11.2 Å². The Morgan fingerprint density at radius 3 is 2.75 bits per heavy atom. The highest BCUT2D eigenvalue weighted by Gasteiger charge is 2.24. The lowest BCUT2D eigenvalue weighted by Crippen LogP contribution is -2.34. The van der Waals surface area contributed by atoms with Crippen LogP contribution in [0.2, 0.25) is 0 Å². The predicted molar refractivity (Wildman–Crippen MR) is 75.6 cm³/mol. The second kappa shape index (κ2) is 5.74. The number of hydrogen-bond donors (Lipinski definition) is 3. The van der Waals surface area contributed by atoms with Crippen LogP contribution in [0.4, 0.5) is 10.7 Å². The van der Waals surface area contributed by atoms with Crippen molar-refractivity contribution in [3.8, 4) is 10.6 Å². The Labute approximate surface area is 119 Å². The van der Waals surface area contributed by atoms with Crippen molar-refractivity contribution in [2.75, 3.05) is 5.32 Å². The Hall–Kier alpha value is -2.35. The van der Waals surface area contributed by atoms with E-state index in [-0.39, 0.29) is 17.5 Å². The maximum absolute atomic E-state index is 11.6. The van der Waals surface area contributed by atoms with Crippen LogP contribution in [0.3, 0.4) is 0 Å². The summed E-state index contributed by atoms with van der Waals surface area (Å²) in [6, 6.07) is 3.06. The molecule has 0 fully saturated rings. The topological polar surface area (TPSA) is 110 Å². The number of carbonyl (C=O) groups is 2. The average molecular weight is 294 g/mol. The molecule has 3 amide bonds. The first kappa shape index (κ1) is 14.1. The van der Waals surface area contributed by atoms with Crippen molar-refractivity contribution < 1.29 is 14.1 Å². The largest absolute Gasteiger partial charge is 0.365 e. The zero-order valence-corrected chi connectivity index (χ0v) is 11.8. The summed E-state index contributed by atoms with van der Waals surface area (Å²) in [4.78, 5) is 23.9. The van der Waals surface area contributed by atoms with E-state index in [0.29, 0.717) is 5.69 Å². The zero-order valence-electron chi connectivity index (χ0n) is 11.0. The summed E-state index contributed by atoms with van der Waals surface area (Å²) >= 11 is 1.39. The van der Waals surface area contributed by atoms with Crippen LogP contribution in [-0.2, 0) is 0 Å². The van der Waals surface area contributed by atoms with Crippen molar-refractivity contribution in [2.24, 2.45) is 5.73 Å². The van der Waals surface area contributed by atoms with E-state index in [1.165, 1.54) is 11.3 Å². The van der Waals surface area contributed by atoms with Gasteiger partial charge in [0.25, 0.3) is 5.91 Å². The Balaban J connectivity index is 2.31. The number of hydrogen-bond acceptors (Lipinski definition) is 5. The maximum Gasteiger partial charge on any atom is 0.321 e. The molecule has 2 rings (SSSR count). The minimum atomic E-state index is -0.713. The quantitative estimate of drug-likeness (QED) is 0.801. The molecule has 8 heteroatoms. The normalized spacial score (nSPS) is 10.6. The van der Waals surface area contributed by atoms with Gasteiger partial charge in [0.05, 0.1) is 4.88 Å². The number of aromatic nitrogens is 1. The van der Waals surface area contributed by atoms with Crippen molar-refractivity contribution in [3.63, 3.8) is 0 Å². The smallest absolute Gasteiger partial charge is 0.321 e. The molecule has 0 bridgehead atoms. The van der Waals surface area contributed by atoms with Gasteiger partial charge in [-0.05, 0) is 25.3 Å². The number of nitrogens with one attached hydrogen (secondary N) is 2. The first-order valence-corrected chi connectivity index (χ1v) is 6.78. The molecule has 0 unspecified atom stereocenters. The highest BCUT2D eigenvalue weighted by Crippen LogP contribution is 2.31. The van der Waals surface area contributed by atoms with Gasteiger partial charge in [0.15, 0.2) is 0 Å². The molecule has 2 heterocycles. The molecule has 0 saturated carbocycles. The SMILES string of the molecule is CC(C)NC(=O)Nc1onc(-c2cccs2)c1C(N)=O. The number of carbonyl (C=O) groups excluding carboxylic acids is 2. The van der Waals surface area contributed by atoms with Gasteiger partial charge >= 0.3 is 6.03 Å². The molecular formula is C12H14N4O3S. The summed E-state index contributed by atoms with van der Waals surface area (Å²) in [6.45, 7) is 3.62. The van der Waals surface area contributed by atoms with Crippen LogP contribution in [0.15, 0.2) is 22.0 Å². The van der Waals surface area contributed by atoms with E-state index < -0.39 is 11.9 Å². The summed E-state index contributed by atoms with van der Waals surface area (Å²) in [5, 5.41) is 10.7. The molecule has 0 radical (unpaired) electrons. The van der Waals surface area contributed by atoms with Crippen molar-refractivity contribution in [1.82, 2.24) is 10.5 Å². The number of rotatable bonds is 4. The number of urea groups is 1. The molecular weight excluding hydrogens is 280 g/mol. The maximum atomic E-state index is 11.6. The fourth-order valence-corrected chi connectivity index (χ4v) is 2.30. The van der Waals surface area contributed by atoms with Gasteiger partial charge in [0, 0.05) is 6.04 Å². The Bertz CT molecular complexity index is 619. The van der Waals surface area contributed by atoms with Gasteiger partial charge in [-0.3, -0.25) is 10.1 Å². The van der Waals surface area contributed by atoms with E-state index in [1.54, 1.807) is 6.07 Å². The van der Waals surface area contributed by atoms with E-state index in [1.807, 2.05) is 25.3 Å². The molecule has 106 valence electrons. The van der Waals surface area contributed by atoms with Crippen LogP contribution in [0.25, 0.3) is 10.6 Å². The zero-order chi connectivity index (χ0) is 14.7. The van der Waals surface area contributed by atoms with Crippen molar-refractivity contribution in [1.29, 1.82) is 0 Å². The van der Waals surface area contributed by atoms with Gasteiger partial charge in [-0.2, -0.15) is 0 Å². The fraction of sp³-hybridized carbons (Fsp3) is 0.250. The molecule has 2 aromatic rings. The van der Waals surface area contributed by atoms with E-state index >= 15 is 0 Å². The van der Waals surface area contributed by atoms with E-state index in [4.69, 9.17) is 10.3 Å². The molecule has 0 spiro atoms. The van der Waals surface area contributed by atoms with Gasteiger partial charge in [0.1, 0.15) is 11.3 Å². The third-order valence-electron chi connectivity index (χ3n) is 2.34. The summed E-state index contributed by atoms with van der Waals surface area (Å²) in [5.74, 6) is -0.770. The lowest BCUT2D eigenvalue weighted by molar-refractivity contribution is 0.100. The summed E-state index contributed by atoms with van der Waals surface area (Å²) in [5.41, 5.74) is 5.72. The van der Waals surface area contributed by atoms with Crippen LogP contribution in [0.1, 0.15) is 24.2 Å². The van der Waals surface area contributed by atoms with Gasteiger partial charge in [-0.15, -0.1) is 11.3 Å². The molecule has 0 aromatic carbocycles. The summed E-state index contributed by atoms with van der Waals surface area (Å²) in [6.07, 6.45) is 0. The third-order valence-corrected chi connectivity index (χ3v) is 3.22. The van der Waals surface area contributed by atoms with Crippen LogP contribution in [0.5, 0.6) is 0 Å². The van der Waals surface area contributed by atoms with Crippen LogP contribution < -0.4 is 16.4 Å². The molecule has 0 aliphatic rings. The standard InChI is InChI=1S/C12H14N4O3S/c1-6(2)14-12(18)15-11-8(10(13)17)9(16-19-11)7-4-3-5-20-7/h3-6H,1-2H3,(H2,13,17)(H2,14,15,18). The van der Waals surface area contributed by atoms with Crippen LogP contribution >= 0.6 is 11.3 Å². The average Bonchev–Trinajstić information content (AvgIpc) is 2.94. The number of thiophene rings is 1. The number of nitrogens with zero attached hydrogens (tertiary/aromatic N) is 1. The lowest BCUT2D eigenvalue weighted by Gasteiger charge is -2.08. The summed E-state index contributed by atoms with van der Waals surface area (Å²) in [7, 11) is 0. The third kappa shape index (κ3) is 2.97. The fourth-order valence-electron chi connectivity index (χ4n) is 1.59. The molecule has 4 N–H and O–H groups in total. The summed E-state index contributed by atoms with van der Waals surface area (Å²) < 4.78 is 5.02. The molecule has 20 heavy (non-hydrogen) atoms. The molecule has 0 aliphatic heterocycles. The lowest BCUT2D eigenvalue weighted by atomic mass is 10.2. The minimum absolute atomic E-state index is 0.0493. The number of nitrogens with two attached hydrogens (primary N) is 1. The molecule has 7 nitrogen and oxygen atoms in total. The van der Waals surface area contributed by atoms with Crippen LogP contribution in [0, 0.1) is 0 Å². The van der Waals surface area contributed by atoms with E-state index in [2.05, 4.69) is 15.8 Å². The highest BCUT2D eigenvalue weighted by atomic mass is 32.1. The molecule has 0 aliphatic carbocycles. The second-order valence-corrected chi connectivity index (χ2v) is 5.28. The Morgan fingerprint density at radius 1 is 1.45 bits per heavy atom.